The molecule has 4 heteroatoms. The lowest BCUT2D eigenvalue weighted by atomic mass is 10.1. The summed E-state index contributed by atoms with van der Waals surface area (Å²) < 4.78 is 11.0. The highest BCUT2D eigenvalue weighted by atomic mass is 16.4. The minimum Gasteiger partial charge on any atom is -0.469 e. The summed E-state index contributed by atoms with van der Waals surface area (Å²) in [5.41, 5.74) is 1.11. The van der Waals surface area contributed by atoms with Gasteiger partial charge in [-0.2, -0.15) is 0 Å². The van der Waals surface area contributed by atoms with E-state index in [-0.39, 0.29) is 5.54 Å². The van der Waals surface area contributed by atoms with E-state index in [1.807, 2.05) is 13.0 Å². The van der Waals surface area contributed by atoms with Crippen LogP contribution in [0, 0.1) is 6.92 Å². The Hall–Kier alpha value is -1.55. The van der Waals surface area contributed by atoms with Crippen molar-refractivity contribution in [1.29, 1.82) is 0 Å². The summed E-state index contributed by atoms with van der Waals surface area (Å²) in [5, 5.41) is 3.45. The van der Waals surface area contributed by atoms with Gasteiger partial charge in [0.2, 0.25) is 0 Å². The van der Waals surface area contributed by atoms with Crippen LogP contribution in [-0.2, 0) is 6.42 Å². The zero-order chi connectivity index (χ0) is 13.9. The van der Waals surface area contributed by atoms with E-state index in [9.17, 15) is 0 Å². The van der Waals surface area contributed by atoms with Gasteiger partial charge in [0.05, 0.1) is 11.8 Å². The molecule has 104 valence electrons. The monoisotopic (exact) mass is 262 g/mol. The average molecular weight is 262 g/mol. The number of furan rings is 1. The van der Waals surface area contributed by atoms with Crippen LogP contribution < -0.4 is 5.32 Å². The first-order valence-electron chi connectivity index (χ1n) is 6.69. The molecule has 0 unspecified atom stereocenters. The number of aryl methyl sites for hydroxylation is 2. The van der Waals surface area contributed by atoms with Gasteiger partial charge in [0.25, 0.3) is 0 Å². The number of aromatic nitrogens is 1. The number of hydrogen-bond acceptors (Lipinski definition) is 4. The Kier molecular flexibility index (Phi) is 4.10. The van der Waals surface area contributed by atoms with Gasteiger partial charge >= 0.3 is 0 Å². The standard InChI is InChI=1S/C15H22N2O2/c1-11-8-12(10-18-11)13-9-16-14(19-13)6-5-7-17-15(2,3)4/h8-10,17H,5-7H2,1-4H3. The number of rotatable bonds is 5. The fourth-order valence-electron chi connectivity index (χ4n) is 1.83. The maximum Gasteiger partial charge on any atom is 0.194 e. The van der Waals surface area contributed by atoms with Crippen LogP contribution >= 0.6 is 0 Å². The maximum atomic E-state index is 5.72. The normalized spacial score (nSPS) is 12.0. The van der Waals surface area contributed by atoms with Crippen molar-refractivity contribution in [3.63, 3.8) is 0 Å². The van der Waals surface area contributed by atoms with E-state index in [0.29, 0.717) is 0 Å². The molecule has 0 fully saturated rings. The molecule has 0 aliphatic heterocycles. The van der Waals surface area contributed by atoms with Gasteiger partial charge in [-0.1, -0.05) is 0 Å². The highest BCUT2D eigenvalue weighted by Gasteiger charge is 2.10. The SMILES string of the molecule is Cc1cc(-c2cnc(CCCNC(C)(C)C)o2)co1. The number of hydrogen-bond donors (Lipinski definition) is 1. The first kappa shape index (κ1) is 13.9. The van der Waals surface area contributed by atoms with Crippen molar-refractivity contribution in [2.75, 3.05) is 6.54 Å². The van der Waals surface area contributed by atoms with E-state index in [2.05, 4.69) is 31.1 Å². The van der Waals surface area contributed by atoms with Gasteiger partial charge in [-0.15, -0.1) is 0 Å². The fraction of sp³-hybridized carbons (Fsp3) is 0.533. The van der Waals surface area contributed by atoms with Crippen molar-refractivity contribution in [3.05, 3.63) is 30.2 Å². The zero-order valence-electron chi connectivity index (χ0n) is 12.1. The minimum absolute atomic E-state index is 0.163. The molecule has 0 spiro atoms. The van der Waals surface area contributed by atoms with E-state index >= 15 is 0 Å². The summed E-state index contributed by atoms with van der Waals surface area (Å²) in [6.45, 7) is 9.37. The van der Waals surface area contributed by atoms with E-state index in [1.165, 1.54) is 0 Å². The summed E-state index contributed by atoms with van der Waals surface area (Å²) in [5.74, 6) is 2.43. The van der Waals surface area contributed by atoms with Crippen LogP contribution in [0.2, 0.25) is 0 Å². The Labute approximate surface area is 114 Å². The summed E-state index contributed by atoms with van der Waals surface area (Å²) >= 11 is 0. The van der Waals surface area contributed by atoms with Gasteiger partial charge in [-0.3, -0.25) is 0 Å². The molecular formula is C15H22N2O2. The van der Waals surface area contributed by atoms with Gasteiger partial charge in [-0.25, -0.2) is 4.98 Å². The average Bonchev–Trinajstić information content (AvgIpc) is 2.92. The predicted octanol–water partition coefficient (Wildman–Crippen LogP) is 3.56. The Morgan fingerprint density at radius 3 is 2.74 bits per heavy atom. The molecule has 2 aromatic rings. The largest absolute Gasteiger partial charge is 0.469 e. The van der Waals surface area contributed by atoms with Crippen molar-refractivity contribution in [2.24, 2.45) is 0 Å². The van der Waals surface area contributed by atoms with Crippen molar-refractivity contribution in [2.45, 2.75) is 46.1 Å². The molecule has 0 atom stereocenters. The summed E-state index contributed by atoms with van der Waals surface area (Å²) in [4.78, 5) is 4.30. The quantitative estimate of drug-likeness (QED) is 0.837. The fourth-order valence-corrected chi connectivity index (χ4v) is 1.83. The van der Waals surface area contributed by atoms with Crippen LogP contribution in [0.1, 0.15) is 38.8 Å². The molecule has 1 N–H and O–H groups in total. The van der Waals surface area contributed by atoms with Crippen molar-refractivity contribution in [1.82, 2.24) is 10.3 Å². The number of oxazole rings is 1. The lowest BCUT2D eigenvalue weighted by Gasteiger charge is -2.19. The molecule has 0 bridgehead atoms. The van der Waals surface area contributed by atoms with Gasteiger partial charge in [-0.05, 0) is 46.7 Å². The third-order valence-electron chi connectivity index (χ3n) is 2.79. The van der Waals surface area contributed by atoms with Crippen LogP contribution in [0.25, 0.3) is 11.3 Å². The third kappa shape index (κ3) is 4.24. The van der Waals surface area contributed by atoms with E-state index in [4.69, 9.17) is 8.83 Å². The van der Waals surface area contributed by atoms with Gasteiger partial charge in [0, 0.05) is 12.0 Å². The minimum atomic E-state index is 0.163. The maximum absolute atomic E-state index is 5.72. The molecule has 0 saturated heterocycles. The summed E-state index contributed by atoms with van der Waals surface area (Å²) in [7, 11) is 0. The second kappa shape index (κ2) is 5.61. The molecular weight excluding hydrogens is 240 g/mol. The predicted molar refractivity (Wildman–Crippen MR) is 75.0 cm³/mol. The molecule has 2 heterocycles. The summed E-state index contributed by atoms with van der Waals surface area (Å²) in [6, 6.07) is 1.95. The Balaban J connectivity index is 1.85. The van der Waals surface area contributed by atoms with Gasteiger partial charge in [0.15, 0.2) is 11.7 Å². The molecule has 2 aromatic heterocycles. The van der Waals surface area contributed by atoms with Crippen molar-refractivity contribution in [3.8, 4) is 11.3 Å². The van der Waals surface area contributed by atoms with E-state index in [1.54, 1.807) is 12.5 Å². The second-order valence-corrected chi connectivity index (χ2v) is 5.84. The number of nitrogens with zero attached hydrogens (tertiary/aromatic N) is 1. The second-order valence-electron chi connectivity index (χ2n) is 5.84. The highest BCUT2D eigenvalue weighted by Crippen LogP contribution is 2.22. The molecule has 2 rings (SSSR count). The molecule has 0 aromatic carbocycles. The van der Waals surface area contributed by atoms with Crippen LogP contribution in [0.15, 0.2) is 27.4 Å². The van der Waals surface area contributed by atoms with Crippen molar-refractivity contribution >= 4 is 0 Å². The lowest BCUT2D eigenvalue weighted by Crippen LogP contribution is -2.36. The molecule has 0 radical (unpaired) electrons. The topological polar surface area (TPSA) is 51.2 Å². The van der Waals surface area contributed by atoms with Gasteiger partial charge < -0.3 is 14.2 Å². The lowest BCUT2D eigenvalue weighted by molar-refractivity contribution is 0.412. The molecule has 0 aliphatic carbocycles. The highest BCUT2D eigenvalue weighted by molar-refractivity contribution is 5.55. The molecule has 0 amide bonds. The molecule has 0 aliphatic rings. The molecule has 0 saturated carbocycles. The summed E-state index contributed by atoms with van der Waals surface area (Å²) in [6.07, 6.45) is 5.32. The third-order valence-corrected chi connectivity index (χ3v) is 2.79. The van der Waals surface area contributed by atoms with E-state index < -0.39 is 0 Å². The Bertz CT molecular complexity index is 520. The first-order valence-corrected chi connectivity index (χ1v) is 6.69. The Morgan fingerprint density at radius 1 is 1.32 bits per heavy atom. The molecule has 4 nitrogen and oxygen atoms in total. The van der Waals surface area contributed by atoms with Crippen molar-refractivity contribution < 1.29 is 8.83 Å². The molecule has 19 heavy (non-hydrogen) atoms. The van der Waals surface area contributed by atoms with Crippen LogP contribution in [0.4, 0.5) is 0 Å². The van der Waals surface area contributed by atoms with Gasteiger partial charge in [0.1, 0.15) is 12.0 Å². The Morgan fingerprint density at radius 2 is 2.11 bits per heavy atom. The smallest absolute Gasteiger partial charge is 0.194 e. The number of nitrogens with one attached hydrogen (secondary N) is 1. The van der Waals surface area contributed by atoms with E-state index in [0.717, 1.165) is 42.4 Å². The van der Waals surface area contributed by atoms with Crippen LogP contribution in [0.3, 0.4) is 0 Å². The van der Waals surface area contributed by atoms with Crippen LogP contribution in [0.5, 0.6) is 0 Å². The van der Waals surface area contributed by atoms with Crippen LogP contribution in [-0.4, -0.2) is 17.1 Å². The zero-order valence-corrected chi connectivity index (χ0v) is 12.1. The first-order chi connectivity index (χ1) is 8.94.